The van der Waals surface area contributed by atoms with Crippen molar-refractivity contribution in [2.45, 2.75) is 31.6 Å². The van der Waals surface area contributed by atoms with Crippen molar-refractivity contribution in [3.63, 3.8) is 0 Å². The molecule has 6 heteroatoms. The third-order valence-corrected chi connectivity index (χ3v) is 6.48. The fraction of sp³-hybridized carbons (Fsp3) is 0.179. The van der Waals surface area contributed by atoms with Crippen molar-refractivity contribution < 1.29 is 14.0 Å². The average molecular weight is 454 g/mol. The molecule has 0 saturated heterocycles. The predicted octanol–water partition coefficient (Wildman–Crippen LogP) is 5.22. The maximum Gasteiger partial charge on any atom is 0.254 e. The predicted molar refractivity (Wildman–Crippen MR) is 128 cm³/mol. The second kappa shape index (κ2) is 9.06. The summed E-state index contributed by atoms with van der Waals surface area (Å²) in [5, 5.41) is 6.24. The van der Waals surface area contributed by atoms with Crippen LogP contribution in [0.3, 0.4) is 0 Å². The Balaban J connectivity index is 1.54. The highest BCUT2D eigenvalue weighted by Gasteiger charge is 2.40. The van der Waals surface area contributed by atoms with Crippen LogP contribution in [0.25, 0.3) is 0 Å². The average Bonchev–Trinajstić information content (AvgIpc) is 2.85. The Bertz CT molecular complexity index is 1300. The van der Waals surface area contributed by atoms with Crippen LogP contribution in [0.5, 0.6) is 0 Å². The van der Waals surface area contributed by atoms with Crippen molar-refractivity contribution in [1.29, 1.82) is 0 Å². The van der Waals surface area contributed by atoms with Gasteiger partial charge in [-0.2, -0.15) is 0 Å². The maximum absolute atomic E-state index is 13.6. The van der Waals surface area contributed by atoms with Crippen LogP contribution in [0.15, 0.2) is 102 Å². The van der Waals surface area contributed by atoms with E-state index in [1.807, 2.05) is 37.3 Å². The molecule has 2 aromatic carbocycles. The number of carbonyl (C=O) groups is 2. The molecule has 5 nitrogen and oxygen atoms in total. The summed E-state index contributed by atoms with van der Waals surface area (Å²) in [4.78, 5) is 31.1. The number of benzene rings is 2. The SMILES string of the molecule is CC1=C(C(=O)Nc2ccc(F)cc2)[C@H](c2ccncc2)C2=C(C[C@@H](c3ccccc3)CC2=O)N1. The lowest BCUT2D eigenvalue weighted by atomic mass is 9.71. The van der Waals surface area contributed by atoms with Gasteiger partial charge in [0.15, 0.2) is 5.78 Å². The molecule has 2 aliphatic rings. The van der Waals surface area contributed by atoms with Gasteiger partial charge in [-0.25, -0.2) is 4.39 Å². The lowest BCUT2D eigenvalue weighted by molar-refractivity contribution is -0.116. The maximum atomic E-state index is 13.6. The Hall–Kier alpha value is -4.06. The lowest BCUT2D eigenvalue weighted by Crippen LogP contribution is -2.37. The number of rotatable bonds is 4. The smallest absolute Gasteiger partial charge is 0.254 e. The summed E-state index contributed by atoms with van der Waals surface area (Å²) in [6.45, 7) is 1.86. The van der Waals surface area contributed by atoms with E-state index in [0.29, 0.717) is 35.4 Å². The molecule has 0 fully saturated rings. The molecule has 0 radical (unpaired) electrons. The van der Waals surface area contributed by atoms with Gasteiger partial charge in [0.25, 0.3) is 5.91 Å². The minimum absolute atomic E-state index is 0.0315. The van der Waals surface area contributed by atoms with E-state index >= 15 is 0 Å². The summed E-state index contributed by atoms with van der Waals surface area (Å²) in [7, 11) is 0. The molecule has 2 atom stereocenters. The second-order valence-corrected chi connectivity index (χ2v) is 8.67. The largest absolute Gasteiger partial charge is 0.362 e. The highest BCUT2D eigenvalue weighted by molar-refractivity contribution is 6.10. The minimum Gasteiger partial charge on any atom is -0.362 e. The Morgan fingerprint density at radius 3 is 2.38 bits per heavy atom. The zero-order valence-electron chi connectivity index (χ0n) is 18.7. The van der Waals surface area contributed by atoms with Gasteiger partial charge in [-0.05, 0) is 66.8 Å². The molecule has 0 spiro atoms. The standard InChI is InChI=1S/C28H24FN3O2/c1-17-25(28(34)32-22-9-7-21(29)8-10-22)26(19-11-13-30-14-12-19)27-23(31-17)15-20(16-24(27)33)18-5-3-2-4-6-18/h2-14,20,26,31H,15-16H2,1H3,(H,32,34)/t20-,26+/m1/s1. The quantitative estimate of drug-likeness (QED) is 0.568. The molecule has 1 aliphatic heterocycles. The number of dihydropyridines is 1. The van der Waals surface area contributed by atoms with Crippen LogP contribution in [0, 0.1) is 5.82 Å². The molecular formula is C28H24FN3O2. The summed E-state index contributed by atoms with van der Waals surface area (Å²) in [5.74, 6) is -1.10. The summed E-state index contributed by atoms with van der Waals surface area (Å²) < 4.78 is 13.3. The fourth-order valence-corrected chi connectivity index (χ4v) is 4.92. The minimum atomic E-state index is -0.510. The molecule has 0 bridgehead atoms. The Morgan fingerprint density at radius 1 is 0.971 bits per heavy atom. The topological polar surface area (TPSA) is 71.1 Å². The van der Waals surface area contributed by atoms with Gasteiger partial charge >= 0.3 is 0 Å². The molecular weight excluding hydrogens is 429 g/mol. The number of halogens is 1. The molecule has 1 aromatic heterocycles. The van der Waals surface area contributed by atoms with Crippen LogP contribution in [0.4, 0.5) is 10.1 Å². The number of Topliss-reactive ketones (excluding diaryl/α,β-unsaturated/α-hetero) is 1. The van der Waals surface area contributed by atoms with Crippen LogP contribution in [0.2, 0.25) is 0 Å². The number of aromatic nitrogens is 1. The lowest BCUT2D eigenvalue weighted by Gasteiger charge is -2.37. The van der Waals surface area contributed by atoms with E-state index in [-0.39, 0.29) is 23.4 Å². The number of carbonyl (C=O) groups excluding carboxylic acids is 2. The van der Waals surface area contributed by atoms with Gasteiger partial charge in [0, 0.05) is 53.0 Å². The number of amides is 1. The van der Waals surface area contributed by atoms with E-state index in [9.17, 15) is 14.0 Å². The van der Waals surface area contributed by atoms with E-state index < -0.39 is 5.92 Å². The van der Waals surface area contributed by atoms with Crippen molar-refractivity contribution in [1.82, 2.24) is 10.3 Å². The molecule has 170 valence electrons. The van der Waals surface area contributed by atoms with Crippen molar-refractivity contribution in [3.05, 3.63) is 119 Å². The first-order valence-corrected chi connectivity index (χ1v) is 11.3. The van der Waals surface area contributed by atoms with Crippen molar-refractivity contribution in [2.24, 2.45) is 0 Å². The molecule has 0 saturated carbocycles. The molecule has 0 unspecified atom stereocenters. The molecule has 2 N–H and O–H groups in total. The van der Waals surface area contributed by atoms with Crippen molar-refractivity contribution in [3.8, 4) is 0 Å². The number of ketones is 1. The van der Waals surface area contributed by atoms with Crippen molar-refractivity contribution in [2.75, 3.05) is 5.32 Å². The first-order chi connectivity index (χ1) is 16.5. The number of pyridine rings is 1. The Morgan fingerprint density at radius 2 is 1.68 bits per heavy atom. The van der Waals surface area contributed by atoms with E-state index in [1.165, 1.54) is 24.3 Å². The van der Waals surface area contributed by atoms with Crippen LogP contribution in [-0.2, 0) is 9.59 Å². The van der Waals surface area contributed by atoms with Gasteiger partial charge in [-0.3, -0.25) is 14.6 Å². The highest BCUT2D eigenvalue weighted by Crippen LogP contribution is 2.45. The zero-order valence-corrected chi connectivity index (χ0v) is 18.7. The summed E-state index contributed by atoms with van der Waals surface area (Å²) >= 11 is 0. The van der Waals surface area contributed by atoms with Gasteiger partial charge in [0.05, 0.1) is 0 Å². The first kappa shape index (κ1) is 21.8. The molecule has 1 aliphatic carbocycles. The molecule has 5 rings (SSSR count). The summed E-state index contributed by atoms with van der Waals surface area (Å²) in [6, 6.07) is 19.4. The van der Waals surface area contributed by atoms with Gasteiger partial charge < -0.3 is 10.6 Å². The van der Waals surface area contributed by atoms with E-state index in [0.717, 1.165) is 16.8 Å². The van der Waals surface area contributed by atoms with Gasteiger partial charge in [0.1, 0.15) is 5.82 Å². The van der Waals surface area contributed by atoms with E-state index in [4.69, 9.17) is 0 Å². The van der Waals surface area contributed by atoms with Gasteiger partial charge in [-0.15, -0.1) is 0 Å². The number of allylic oxidation sites excluding steroid dienone is 3. The highest BCUT2D eigenvalue weighted by atomic mass is 19.1. The number of anilines is 1. The van der Waals surface area contributed by atoms with Crippen molar-refractivity contribution >= 4 is 17.4 Å². The number of nitrogens with one attached hydrogen (secondary N) is 2. The number of nitrogens with zero attached hydrogens (tertiary/aromatic N) is 1. The Kier molecular flexibility index (Phi) is 5.80. The summed E-state index contributed by atoms with van der Waals surface area (Å²) in [5.41, 5.74) is 5.11. The second-order valence-electron chi connectivity index (χ2n) is 8.67. The molecule has 1 amide bonds. The molecule has 34 heavy (non-hydrogen) atoms. The monoisotopic (exact) mass is 453 g/mol. The normalized spacial score (nSPS) is 20.0. The van der Waals surface area contributed by atoms with Gasteiger partial charge in [0.2, 0.25) is 0 Å². The van der Waals surface area contributed by atoms with E-state index in [2.05, 4.69) is 27.8 Å². The zero-order chi connectivity index (χ0) is 23.7. The van der Waals surface area contributed by atoms with Crippen LogP contribution >= 0.6 is 0 Å². The molecule has 3 aromatic rings. The third kappa shape index (κ3) is 4.15. The first-order valence-electron chi connectivity index (χ1n) is 11.3. The Labute approximate surface area is 197 Å². The fourth-order valence-electron chi connectivity index (χ4n) is 4.92. The van der Waals surface area contributed by atoms with Gasteiger partial charge in [-0.1, -0.05) is 30.3 Å². The van der Waals surface area contributed by atoms with Crippen LogP contribution in [0.1, 0.15) is 42.7 Å². The van der Waals surface area contributed by atoms with E-state index in [1.54, 1.807) is 12.4 Å². The summed E-state index contributed by atoms with van der Waals surface area (Å²) in [6.07, 6.45) is 4.42. The van der Waals surface area contributed by atoms with Crippen LogP contribution in [-0.4, -0.2) is 16.7 Å². The number of hydrogen-bond acceptors (Lipinski definition) is 4. The number of hydrogen-bond donors (Lipinski definition) is 2. The molecule has 2 heterocycles. The van der Waals surface area contributed by atoms with Crippen LogP contribution < -0.4 is 10.6 Å². The third-order valence-electron chi connectivity index (χ3n) is 6.48.